The summed E-state index contributed by atoms with van der Waals surface area (Å²) in [5.74, 6) is -0.310. The van der Waals surface area contributed by atoms with Crippen LogP contribution in [0.2, 0.25) is 5.02 Å². The SMILES string of the molecule is COc1cc(-n2cnnn2)c(Cl)cc1C(=O)Nc1cc(SC[C@@H](O)CO)cc([N+](=O)[O-])c1. The van der Waals surface area contributed by atoms with Crippen LogP contribution >= 0.6 is 23.4 Å². The van der Waals surface area contributed by atoms with Gasteiger partial charge in [0.25, 0.3) is 11.6 Å². The third-order valence-corrected chi connectivity index (χ3v) is 5.55. The van der Waals surface area contributed by atoms with E-state index in [-0.39, 0.29) is 33.5 Å². The highest BCUT2D eigenvalue weighted by atomic mass is 35.5. The van der Waals surface area contributed by atoms with E-state index in [0.29, 0.717) is 10.6 Å². The summed E-state index contributed by atoms with van der Waals surface area (Å²) in [6.07, 6.45) is 0.346. The minimum absolute atomic E-state index is 0.0886. The molecule has 3 rings (SSSR count). The first kappa shape index (κ1) is 23.4. The number of nitro benzene ring substituents is 1. The second-order valence-electron chi connectivity index (χ2n) is 6.33. The number of ether oxygens (including phenoxy) is 1. The van der Waals surface area contributed by atoms with Gasteiger partial charge in [0.1, 0.15) is 12.1 Å². The van der Waals surface area contributed by atoms with Gasteiger partial charge < -0.3 is 20.3 Å². The molecule has 3 N–H and O–H groups in total. The molecule has 0 saturated heterocycles. The Kier molecular flexibility index (Phi) is 7.58. The number of aliphatic hydroxyl groups is 2. The zero-order chi connectivity index (χ0) is 23.3. The molecule has 12 nitrogen and oxygen atoms in total. The molecule has 0 aliphatic heterocycles. The van der Waals surface area contributed by atoms with Crippen molar-refractivity contribution in [2.45, 2.75) is 11.0 Å². The summed E-state index contributed by atoms with van der Waals surface area (Å²) in [6, 6.07) is 6.88. The molecule has 0 aliphatic rings. The third-order valence-electron chi connectivity index (χ3n) is 4.12. The van der Waals surface area contributed by atoms with Gasteiger partial charge in [0, 0.05) is 34.5 Å². The highest BCUT2D eigenvalue weighted by Crippen LogP contribution is 2.32. The van der Waals surface area contributed by atoms with Crippen molar-refractivity contribution in [2.24, 2.45) is 0 Å². The maximum Gasteiger partial charge on any atom is 0.272 e. The van der Waals surface area contributed by atoms with Crippen molar-refractivity contribution < 1.29 is 24.7 Å². The van der Waals surface area contributed by atoms with E-state index in [0.717, 1.165) is 11.8 Å². The number of benzene rings is 2. The Balaban J connectivity index is 1.90. The zero-order valence-corrected chi connectivity index (χ0v) is 18.1. The van der Waals surface area contributed by atoms with Crippen molar-refractivity contribution in [3.05, 3.63) is 57.4 Å². The van der Waals surface area contributed by atoms with Gasteiger partial charge in [0.2, 0.25) is 0 Å². The molecule has 14 heteroatoms. The standard InChI is InChI=1S/C18H17ClN6O6S/c1-31-17-6-16(24-9-20-22-23-24)15(19)5-14(17)18(28)21-10-2-11(25(29)30)4-13(3-10)32-8-12(27)7-26/h2-6,9,12,26-27H,7-8H2,1H3,(H,21,28)/t12-/m0/s1. The van der Waals surface area contributed by atoms with Crippen molar-refractivity contribution >= 4 is 40.6 Å². The Morgan fingerprint density at radius 3 is 2.78 bits per heavy atom. The number of thioether (sulfide) groups is 1. The molecular formula is C18H17ClN6O6S. The number of aromatic nitrogens is 4. The fourth-order valence-electron chi connectivity index (χ4n) is 2.62. The summed E-state index contributed by atoms with van der Waals surface area (Å²) in [5.41, 5.74) is 0.392. The van der Waals surface area contributed by atoms with E-state index >= 15 is 0 Å². The number of nitrogens with one attached hydrogen (secondary N) is 1. The van der Waals surface area contributed by atoms with Crippen LogP contribution in [0.1, 0.15) is 10.4 Å². The van der Waals surface area contributed by atoms with Crippen LogP contribution in [0.25, 0.3) is 5.69 Å². The quantitative estimate of drug-likeness (QED) is 0.234. The molecule has 168 valence electrons. The molecule has 0 fully saturated rings. The molecule has 3 aromatic rings. The maximum atomic E-state index is 12.9. The lowest BCUT2D eigenvalue weighted by atomic mass is 10.1. The Morgan fingerprint density at radius 2 is 2.16 bits per heavy atom. The number of anilines is 1. The van der Waals surface area contributed by atoms with Gasteiger partial charge in [-0.25, -0.2) is 0 Å². The molecule has 1 heterocycles. The molecule has 0 saturated carbocycles. The lowest BCUT2D eigenvalue weighted by Gasteiger charge is -2.13. The van der Waals surface area contributed by atoms with E-state index in [4.69, 9.17) is 21.4 Å². The number of nitrogens with zero attached hydrogens (tertiary/aromatic N) is 5. The summed E-state index contributed by atoms with van der Waals surface area (Å²) < 4.78 is 6.60. The zero-order valence-electron chi connectivity index (χ0n) is 16.5. The topological polar surface area (TPSA) is 166 Å². The second kappa shape index (κ2) is 10.4. The van der Waals surface area contributed by atoms with Crippen LogP contribution in [0, 0.1) is 10.1 Å². The first-order chi connectivity index (χ1) is 15.3. The Hall–Kier alpha value is -3.26. The summed E-state index contributed by atoms with van der Waals surface area (Å²) in [5, 5.41) is 43.4. The number of tetrazole rings is 1. The Labute approximate surface area is 190 Å². The van der Waals surface area contributed by atoms with Crippen molar-refractivity contribution in [1.29, 1.82) is 0 Å². The van der Waals surface area contributed by atoms with E-state index in [2.05, 4.69) is 20.8 Å². The van der Waals surface area contributed by atoms with Crippen molar-refractivity contribution in [3.8, 4) is 11.4 Å². The van der Waals surface area contributed by atoms with Crippen LogP contribution in [0.15, 0.2) is 41.6 Å². The normalized spacial score (nSPS) is 11.8. The number of carbonyl (C=O) groups excluding carboxylic acids is 1. The summed E-state index contributed by atoms with van der Waals surface area (Å²) >= 11 is 7.38. The number of rotatable bonds is 9. The van der Waals surface area contributed by atoms with Gasteiger partial charge in [0.05, 0.1) is 41.0 Å². The van der Waals surface area contributed by atoms with Crippen LogP contribution in [-0.4, -0.2) is 66.8 Å². The summed E-state index contributed by atoms with van der Waals surface area (Å²) in [6.45, 7) is -0.438. The number of carbonyl (C=O) groups is 1. The van der Waals surface area contributed by atoms with E-state index in [1.54, 1.807) is 0 Å². The first-order valence-electron chi connectivity index (χ1n) is 8.95. The number of nitro groups is 1. The third kappa shape index (κ3) is 5.50. The number of aliphatic hydroxyl groups excluding tert-OH is 2. The fraction of sp³-hybridized carbons (Fsp3) is 0.222. The molecule has 1 amide bonds. The van der Waals surface area contributed by atoms with Gasteiger partial charge in [-0.2, -0.15) is 4.68 Å². The van der Waals surface area contributed by atoms with Crippen molar-refractivity contribution in [1.82, 2.24) is 20.2 Å². The number of hydrogen-bond donors (Lipinski definition) is 3. The monoisotopic (exact) mass is 480 g/mol. The number of non-ortho nitro benzene ring substituents is 1. The lowest BCUT2D eigenvalue weighted by Crippen LogP contribution is -2.15. The van der Waals surface area contributed by atoms with Crippen LogP contribution < -0.4 is 10.1 Å². The summed E-state index contributed by atoms with van der Waals surface area (Å²) in [4.78, 5) is 24.0. The van der Waals surface area contributed by atoms with Gasteiger partial charge in [0.15, 0.2) is 0 Å². The van der Waals surface area contributed by atoms with E-state index in [1.807, 2.05) is 0 Å². The average Bonchev–Trinajstić information content (AvgIpc) is 3.31. The Bertz CT molecular complexity index is 1130. The van der Waals surface area contributed by atoms with Crippen LogP contribution in [0.3, 0.4) is 0 Å². The molecule has 0 unspecified atom stereocenters. The van der Waals surface area contributed by atoms with Gasteiger partial charge in [-0.05, 0) is 22.6 Å². The highest BCUT2D eigenvalue weighted by molar-refractivity contribution is 7.99. The molecule has 0 radical (unpaired) electrons. The van der Waals surface area contributed by atoms with Crippen molar-refractivity contribution in [2.75, 3.05) is 24.8 Å². The molecule has 1 aromatic heterocycles. The van der Waals surface area contributed by atoms with Gasteiger partial charge >= 0.3 is 0 Å². The van der Waals surface area contributed by atoms with Crippen LogP contribution in [0.5, 0.6) is 5.75 Å². The lowest BCUT2D eigenvalue weighted by molar-refractivity contribution is -0.385. The van der Waals surface area contributed by atoms with Crippen LogP contribution in [-0.2, 0) is 0 Å². The number of hydrogen-bond acceptors (Lipinski definition) is 10. The molecular weight excluding hydrogens is 464 g/mol. The average molecular weight is 481 g/mol. The number of halogens is 1. The van der Waals surface area contributed by atoms with Crippen LogP contribution in [0.4, 0.5) is 11.4 Å². The predicted octanol–water partition coefficient (Wildman–Crippen LogP) is 1.93. The van der Waals surface area contributed by atoms with Crippen molar-refractivity contribution in [3.63, 3.8) is 0 Å². The van der Waals surface area contributed by atoms with Gasteiger partial charge in [-0.1, -0.05) is 11.6 Å². The fourth-order valence-corrected chi connectivity index (χ4v) is 3.78. The highest BCUT2D eigenvalue weighted by Gasteiger charge is 2.19. The molecule has 0 bridgehead atoms. The predicted molar refractivity (Wildman–Crippen MR) is 116 cm³/mol. The van der Waals surface area contributed by atoms with E-state index in [1.165, 1.54) is 48.5 Å². The minimum Gasteiger partial charge on any atom is -0.496 e. The molecule has 0 spiro atoms. The second-order valence-corrected chi connectivity index (χ2v) is 7.83. The summed E-state index contributed by atoms with van der Waals surface area (Å²) in [7, 11) is 1.37. The molecule has 0 aliphatic carbocycles. The molecule has 1 atom stereocenters. The maximum absolute atomic E-state index is 12.9. The number of methoxy groups -OCH3 is 1. The largest absolute Gasteiger partial charge is 0.496 e. The Morgan fingerprint density at radius 1 is 1.38 bits per heavy atom. The minimum atomic E-state index is -0.984. The smallest absolute Gasteiger partial charge is 0.272 e. The van der Waals surface area contributed by atoms with Gasteiger partial charge in [-0.3, -0.25) is 14.9 Å². The van der Waals surface area contributed by atoms with E-state index < -0.39 is 23.5 Å². The van der Waals surface area contributed by atoms with Gasteiger partial charge in [-0.15, -0.1) is 16.9 Å². The molecule has 2 aromatic carbocycles. The first-order valence-corrected chi connectivity index (χ1v) is 10.3. The molecule has 32 heavy (non-hydrogen) atoms. The number of amides is 1. The van der Waals surface area contributed by atoms with E-state index in [9.17, 15) is 20.0 Å².